The molecule has 3 amide bonds. The van der Waals surface area contributed by atoms with Crippen LogP contribution >= 0.6 is 11.8 Å². The number of hydrogen-bond acceptors (Lipinski definition) is 8. The molecule has 4 unspecified atom stereocenters. The van der Waals surface area contributed by atoms with Gasteiger partial charge in [0.25, 0.3) is 0 Å². The fourth-order valence-electron chi connectivity index (χ4n) is 2.11. The lowest BCUT2D eigenvalue weighted by molar-refractivity contribution is -0.143. The Bertz CT molecular complexity index is 673. The van der Waals surface area contributed by atoms with Crippen LogP contribution < -0.4 is 21.7 Å². The molecule has 0 saturated heterocycles. The van der Waals surface area contributed by atoms with Crippen LogP contribution in [0.4, 0.5) is 0 Å². The van der Waals surface area contributed by atoms with Crippen LogP contribution in [0.25, 0.3) is 0 Å². The standard InChI is InChI=1S/C16H26N4O9S/c1-7(18-14(26)8(17)5-11(21)22)13(25)20-10(6-12(23)24)15(27)19-9(16(28)29)3-4-30-2/h7-10H,3-6,17H2,1-2H3,(H,18,26)(H,19,27)(H,20,25)(H,21,22)(H,23,24)(H,28,29). The number of nitrogens with two attached hydrogens (primary N) is 1. The van der Waals surface area contributed by atoms with Crippen LogP contribution in [0.3, 0.4) is 0 Å². The minimum absolute atomic E-state index is 0.0872. The molecule has 0 radical (unpaired) electrons. The molecule has 0 aromatic heterocycles. The third-order valence-electron chi connectivity index (χ3n) is 3.72. The Kier molecular flexibility index (Phi) is 12.1. The van der Waals surface area contributed by atoms with Crippen molar-refractivity contribution in [2.45, 2.75) is 50.4 Å². The molecule has 0 fully saturated rings. The molecule has 0 spiro atoms. The molecule has 0 aromatic rings. The highest BCUT2D eigenvalue weighted by molar-refractivity contribution is 7.98. The second-order valence-corrected chi connectivity index (χ2v) is 7.26. The van der Waals surface area contributed by atoms with Gasteiger partial charge in [-0.1, -0.05) is 0 Å². The van der Waals surface area contributed by atoms with Crippen molar-refractivity contribution in [1.29, 1.82) is 0 Å². The third kappa shape index (κ3) is 10.6. The first kappa shape index (κ1) is 27.1. The molecule has 30 heavy (non-hydrogen) atoms. The van der Waals surface area contributed by atoms with E-state index in [1.165, 1.54) is 18.7 Å². The van der Waals surface area contributed by atoms with Gasteiger partial charge in [-0.25, -0.2) is 4.79 Å². The Hall–Kier alpha value is -2.87. The van der Waals surface area contributed by atoms with E-state index < -0.39 is 72.6 Å². The summed E-state index contributed by atoms with van der Waals surface area (Å²) < 4.78 is 0. The van der Waals surface area contributed by atoms with Crippen LogP contribution in [-0.2, 0) is 28.8 Å². The van der Waals surface area contributed by atoms with Gasteiger partial charge in [0, 0.05) is 0 Å². The second kappa shape index (κ2) is 13.4. The van der Waals surface area contributed by atoms with Gasteiger partial charge in [0.05, 0.1) is 18.9 Å². The number of aliphatic carboxylic acids is 3. The summed E-state index contributed by atoms with van der Waals surface area (Å²) in [7, 11) is 0. The van der Waals surface area contributed by atoms with E-state index in [0.29, 0.717) is 5.75 Å². The Labute approximate surface area is 176 Å². The van der Waals surface area contributed by atoms with Crippen LogP contribution in [0.2, 0.25) is 0 Å². The van der Waals surface area contributed by atoms with Crippen LogP contribution in [0.5, 0.6) is 0 Å². The largest absolute Gasteiger partial charge is 0.481 e. The van der Waals surface area contributed by atoms with Crippen molar-refractivity contribution in [2.24, 2.45) is 5.73 Å². The summed E-state index contributed by atoms with van der Waals surface area (Å²) in [6.07, 6.45) is 0.332. The number of nitrogens with one attached hydrogen (secondary N) is 3. The molecule has 0 aliphatic heterocycles. The summed E-state index contributed by atoms with van der Waals surface area (Å²) in [6.45, 7) is 1.22. The second-order valence-electron chi connectivity index (χ2n) is 6.27. The molecular formula is C16H26N4O9S. The Morgan fingerprint density at radius 3 is 1.83 bits per heavy atom. The number of carboxylic acids is 3. The lowest BCUT2D eigenvalue weighted by atomic mass is 10.1. The number of rotatable bonds is 14. The average Bonchev–Trinajstić information content (AvgIpc) is 2.62. The van der Waals surface area contributed by atoms with Crippen LogP contribution in [-0.4, -0.2) is 87.1 Å². The molecule has 170 valence electrons. The molecule has 0 saturated carbocycles. The fourth-order valence-corrected chi connectivity index (χ4v) is 2.58. The molecular weight excluding hydrogens is 424 g/mol. The minimum Gasteiger partial charge on any atom is -0.481 e. The smallest absolute Gasteiger partial charge is 0.326 e. The Balaban J connectivity index is 5.09. The van der Waals surface area contributed by atoms with Crippen molar-refractivity contribution in [2.75, 3.05) is 12.0 Å². The molecule has 8 N–H and O–H groups in total. The summed E-state index contributed by atoms with van der Waals surface area (Å²) in [5.74, 6) is -6.52. The van der Waals surface area contributed by atoms with Gasteiger partial charge < -0.3 is 37.0 Å². The fraction of sp³-hybridized carbons (Fsp3) is 0.625. The maximum absolute atomic E-state index is 12.3. The Morgan fingerprint density at radius 2 is 1.37 bits per heavy atom. The normalized spacial score (nSPS) is 14.5. The number of carbonyl (C=O) groups excluding carboxylic acids is 3. The van der Waals surface area contributed by atoms with E-state index in [1.807, 2.05) is 0 Å². The van der Waals surface area contributed by atoms with E-state index in [2.05, 4.69) is 16.0 Å². The van der Waals surface area contributed by atoms with Crippen molar-refractivity contribution in [3.8, 4) is 0 Å². The topological polar surface area (TPSA) is 225 Å². The molecule has 13 nitrogen and oxygen atoms in total. The van der Waals surface area contributed by atoms with Crippen LogP contribution in [0.1, 0.15) is 26.2 Å². The number of hydrogen-bond donors (Lipinski definition) is 7. The summed E-state index contributed by atoms with van der Waals surface area (Å²) >= 11 is 1.35. The van der Waals surface area contributed by atoms with E-state index in [-0.39, 0.29) is 6.42 Å². The molecule has 0 bridgehead atoms. The predicted molar refractivity (Wildman–Crippen MR) is 105 cm³/mol. The quantitative estimate of drug-likeness (QED) is 0.147. The number of carbonyl (C=O) groups is 6. The summed E-state index contributed by atoms with van der Waals surface area (Å²) in [6, 6.07) is -5.56. The number of carboxylic acid groups (broad SMARTS) is 3. The first-order valence-corrected chi connectivity index (χ1v) is 10.1. The first-order valence-electron chi connectivity index (χ1n) is 8.71. The summed E-state index contributed by atoms with van der Waals surface area (Å²) in [4.78, 5) is 69.2. The van der Waals surface area contributed by atoms with Crippen LogP contribution in [0, 0.1) is 0 Å². The zero-order valence-electron chi connectivity index (χ0n) is 16.4. The molecule has 4 atom stereocenters. The average molecular weight is 450 g/mol. The third-order valence-corrected chi connectivity index (χ3v) is 4.36. The van der Waals surface area contributed by atoms with E-state index in [0.717, 1.165) is 0 Å². The highest BCUT2D eigenvalue weighted by Gasteiger charge is 2.30. The van der Waals surface area contributed by atoms with E-state index in [4.69, 9.17) is 21.1 Å². The maximum Gasteiger partial charge on any atom is 0.326 e. The van der Waals surface area contributed by atoms with Gasteiger partial charge in [-0.05, 0) is 25.4 Å². The first-order chi connectivity index (χ1) is 13.9. The highest BCUT2D eigenvalue weighted by Crippen LogP contribution is 2.03. The van der Waals surface area contributed by atoms with E-state index in [1.54, 1.807) is 6.26 Å². The molecule has 0 rings (SSSR count). The highest BCUT2D eigenvalue weighted by atomic mass is 32.2. The monoisotopic (exact) mass is 450 g/mol. The summed E-state index contributed by atoms with van der Waals surface area (Å²) in [5, 5.41) is 33.2. The molecule has 0 aliphatic carbocycles. The van der Waals surface area contributed by atoms with Crippen molar-refractivity contribution in [1.82, 2.24) is 16.0 Å². The zero-order valence-corrected chi connectivity index (χ0v) is 17.2. The van der Waals surface area contributed by atoms with Gasteiger partial charge >= 0.3 is 17.9 Å². The Morgan fingerprint density at radius 1 is 0.833 bits per heavy atom. The van der Waals surface area contributed by atoms with Gasteiger partial charge in [0.1, 0.15) is 18.1 Å². The SMILES string of the molecule is CSCCC(NC(=O)C(CC(=O)O)NC(=O)C(C)NC(=O)C(N)CC(=O)O)C(=O)O. The lowest BCUT2D eigenvalue weighted by Gasteiger charge is -2.22. The van der Waals surface area contributed by atoms with Crippen molar-refractivity contribution >= 4 is 47.4 Å². The van der Waals surface area contributed by atoms with E-state index >= 15 is 0 Å². The molecule has 0 heterocycles. The number of amides is 3. The van der Waals surface area contributed by atoms with Gasteiger partial charge in [-0.15, -0.1) is 0 Å². The van der Waals surface area contributed by atoms with E-state index in [9.17, 15) is 28.8 Å². The van der Waals surface area contributed by atoms with Gasteiger partial charge in [0.15, 0.2) is 0 Å². The van der Waals surface area contributed by atoms with Gasteiger partial charge in [-0.3, -0.25) is 24.0 Å². The van der Waals surface area contributed by atoms with Crippen molar-refractivity contribution in [3.63, 3.8) is 0 Å². The lowest BCUT2D eigenvalue weighted by Crippen LogP contribution is -2.56. The predicted octanol–water partition coefficient (Wildman–Crippen LogP) is -2.42. The minimum atomic E-state index is -1.60. The van der Waals surface area contributed by atoms with Gasteiger partial charge in [-0.2, -0.15) is 11.8 Å². The van der Waals surface area contributed by atoms with Crippen molar-refractivity contribution < 1.29 is 44.1 Å². The summed E-state index contributed by atoms with van der Waals surface area (Å²) in [5.41, 5.74) is 5.38. The molecule has 0 aromatic carbocycles. The molecule has 0 aliphatic rings. The zero-order chi connectivity index (χ0) is 23.4. The maximum atomic E-state index is 12.3. The van der Waals surface area contributed by atoms with Crippen LogP contribution in [0.15, 0.2) is 0 Å². The molecule has 14 heteroatoms. The van der Waals surface area contributed by atoms with Crippen molar-refractivity contribution in [3.05, 3.63) is 0 Å². The van der Waals surface area contributed by atoms with Gasteiger partial charge in [0.2, 0.25) is 17.7 Å². The number of thioether (sulfide) groups is 1.